The van der Waals surface area contributed by atoms with Crippen LogP contribution in [0.2, 0.25) is 0 Å². The Labute approximate surface area is 140 Å². The van der Waals surface area contributed by atoms with E-state index in [9.17, 15) is 14.7 Å². The molecule has 2 rings (SSSR count). The van der Waals surface area contributed by atoms with Crippen LogP contribution >= 0.6 is 0 Å². The first-order valence-electron chi connectivity index (χ1n) is 7.49. The lowest BCUT2D eigenvalue weighted by Gasteiger charge is -2.19. The van der Waals surface area contributed by atoms with Gasteiger partial charge in [0.1, 0.15) is 5.75 Å². The summed E-state index contributed by atoms with van der Waals surface area (Å²) in [6.07, 6.45) is -0.0492. The highest BCUT2D eigenvalue weighted by molar-refractivity contribution is 5.80. The number of methoxy groups -OCH3 is 1. The highest BCUT2D eigenvalue weighted by Gasteiger charge is 2.19. The maximum absolute atomic E-state index is 11.6. The van der Waals surface area contributed by atoms with Crippen molar-refractivity contribution in [3.63, 3.8) is 0 Å². The van der Waals surface area contributed by atoms with Crippen LogP contribution in [0.25, 0.3) is 11.1 Å². The molecule has 1 atom stereocenters. The highest BCUT2D eigenvalue weighted by atomic mass is 16.5. The van der Waals surface area contributed by atoms with Gasteiger partial charge in [-0.15, -0.1) is 0 Å². The lowest BCUT2D eigenvalue weighted by Crippen LogP contribution is -2.35. The van der Waals surface area contributed by atoms with Crippen LogP contribution in [0.1, 0.15) is 18.0 Å². The van der Waals surface area contributed by atoms with Gasteiger partial charge >= 0.3 is 5.97 Å². The van der Waals surface area contributed by atoms with Crippen molar-refractivity contribution in [2.75, 3.05) is 13.7 Å². The van der Waals surface area contributed by atoms with Crippen molar-refractivity contribution in [3.05, 3.63) is 54.1 Å². The molecule has 2 aromatic rings. The number of nitrogens with two attached hydrogens (primary N) is 1. The molecule has 0 aliphatic carbocycles. The Morgan fingerprint density at radius 3 is 2.50 bits per heavy atom. The molecule has 0 bridgehead atoms. The van der Waals surface area contributed by atoms with E-state index in [1.165, 1.54) is 13.2 Å². The number of nitrogens with one attached hydrogen (secondary N) is 1. The fraction of sp³-hybridized carbons (Fsp3) is 0.222. The molecule has 1 amide bonds. The maximum Gasteiger partial charge on any atom is 0.307 e. The third kappa shape index (κ3) is 4.33. The minimum Gasteiger partial charge on any atom is -0.507 e. The Hall–Kier alpha value is -2.86. The Balaban J connectivity index is 2.31. The number of hydrogen-bond donors (Lipinski definition) is 3. The van der Waals surface area contributed by atoms with E-state index in [0.717, 1.165) is 5.56 Å². The van der Waals surface area contributed by atoms with Crippen LogP contribution in [0.15, 0.2) is 48.5 Å². The summed E-state index contributed by atoms with van der Waals surface area (Å²) in [7, 11) is 1.28. The number of esters is 1. The molecule has 0 fully saturated rings. The number of benzene rings is 2. The van der Waals surface area contributed by atoms with Crippen molar-refractivity contribution < 1.29 is 19.4 Å². The Morgan fingerprint density at radius 2 is 1.92 bits per heavy atom. The van der Waals surface area contributed by atoms with Crippen LogP contribution in [0.4, 0.5) is 0 Å². The fourth-order valence-electron chi connectivity index (χ4n) is 2.38. The van der Waals surface area contributed by atoms with E-state index < -0.39 is 17.9 Å². The molecule has 0 aliphatic heterocycles. The maximum atomic E-state index is 11.6. The van der Waals surface area contributed by atoms with Crippen LogP contribution in [0, 0.1) is 0 Å². The lowest BCUT2D eigenvalue weighted by molar-refractivity contribution is -0.141. The van der Waals surface area contributed by atoms with Gasteiger partial charge in [-0.1, -0.05) is 42.5 Å². The molecule has 6 heteroatoms. The normalized spacial score (nSPS) is 11.6. The lowest BCUT2D eigenvalue weighted by atomic mass is 9.98. The van der Waals surface area contributed by atoms with Gasteiger partial charge in [-0.3, -0.25) is 9.59 Å². The molecule has 0 heterocycles. The Kier molecular flexibility index (Phi) is 5.92. The van der Waals surface area contributed by atoms with Gasteiger partial charge in [-0.2, -0.15) is 0 Å². The van der Waals surface area contributed by atoms with E-state index in [4.69, 9.17) is 5.73 Å². The van der Waals surface area contributed by atoms with Crippen molar-refractivity contribution in [1.29, 1.82) is 0 Å². The summed E-state index contributed by atoms with van der Waals surface area (Å²) >= 11 is 0. The number of aromatic hydroxyl groups is 1. The Bertz CT molecular complexity index is 698. The Morgan fingerprint density at radius 1 is 1.21 bits per heavy atom. The predicted molar refractivity (Wildman–Crippen MR) is 90.1 cm³/mol. The number of carbonyl (C=O) groups excluding carboxylic acids is 2. The third-order valence-electron chi connectivity index (χ3n) is 3.63. The van der Waals surface area contributed by atoms with Gasteiger partial charge in [0.25, 0.3) is 0 Å². The second-order valence-electron chi connectivity index (χ2n) is 5.25. The number of carbonyl (C=O) groups is 2. The van der Waals surface area contributed by atoms with Gasteiger partial charge in [0.05, 0.1) is 26.1 Å². The number of phenolic OH excluding ortho intramolecular Hbond substituents is 1. The first-order valence-corrected chi connectivity index (χ1v) is 7.49. The van der Waals surface area contributed by atoms with Gasteiger partial charge in [0.2, 0.25) is 5.91 Å². The molecule has 4 N–H and O–H groups in total. The SMILES string of the molecule is COC(=O)CC(NC(=O)CN)c1ccc(-c2ccccc2)c(O)c1. The first kappa shape index (κ1) is 17.5. The zero-order chi connectivity index (χ0) is 17.5. The average Bonchev–Trinajstić information content (AvgIpc) is 2.61. The van der Waals surface area contributed by atoms with Crippen LogP contribution < -0.4 is 11.1 Å². The van der Waals surface area contributed by atoms with Crippen LogP contribution in [-0.4, -0.2) is 30.6 Å². The fourth-order valence-corrected chi connectivity index (χ4v) is 2.38. The van der Waals surface area contributed by atoms with Crippen molar-refractivity contribution in [2.24, 2.45) is 5.73 Å². The molecule has 126 valence electrons. The quantitative estimate of drug-likeness (QED) is 0.701. The second kappa shape index (κ2) is 8.12. The topological polar surface area (TPSA) is 102 Å². The molecule has 6 nitrogen and oxygen atoms in total. The minimum atomic E-state index is -0.621. The summed E-state index contributed by atoms with van der Waals surface area (Å²) < 4.78 is 4.66. The number of ether oxygens (including phenoxy) is 1. The van der Waals surface area contributed by atoms with Crippen LogP contribution in [0.5, 0.6) is 5.75 Å². The van der Waals surface area contributed by atoms with Crippen molar-refractivity contribution in [2.45, 2.75) is 12.5 Å². The number of amides is 1. The zero-order valence-electron chi connectivity index (χ0n) is 13.4. The number of rotatable bonds is 6. The van der Waals surface area contributed by atoms with Gasteiger partial charge in [0, 0.05) is 5.56 Å². The molecule has 24 heavy (non-hydrogen) atoms. The summed E-state index contributed by atoms with van der Waals surface area (Å²) in [5, 5.41) is 13.0. The first-order chi connectivity index (χ1) is 11.5. The van der Waals surface area contributed by atoms with E-state index >= 15 is 0 Å². The highest BCUT2D eigenvalue weighted by Crippen LogP contribution is 2.32. The monoisotopic (exact) mass is 328 g/mol. The van der Waals surface area contributed by atoms with E-state index in [1.54, 1.807) is 12.1 Å². The van der Waals surface area contributed by atoms with Crippen molar-refractivity contribution in [1.82, 2.24) is 5.32 Å². The second-order valence-corrected chi connectivity index (χ2v) is 5.25. The summed E-state index contributed by atoms with van der Waals surface area (Å²) in [6, 6.07) is 13.8. The zero-order valence-corrected chi connectivity index (χ0v) is 13.4. The molecule has 0 spiro atoms. The molecule has 1 unspecified atom stereocenters. The summed E-state index contributed by atoms with van der Waals surface area (Å²) in [5.41, 5.74) is 7.45. The number of phenols is 1. The summed E-state index contributed by atoms with van der Waals surface area (Å²) in [5.74, 6) is -0.796. The smallest absolute Gasteiger partial charge is 0.307 e. The molecular formula is C18H20N2O4. The van der Waals surface area contributed by atoms with Crippen molar-refractivity contribution in [3.8, 4) is 16.9 Å². The molecule has 0 saturated heterocycles. The van der Waals surface area contributed by atoms with E-state index in [-0.39, 0.29) is 18.7 Å². The molecule has 0 radical (unpaired) electrons. The average molecular weight is 328 g/mol. The van der Waals surface area contributed by atoms with E-state index in [1.807, 2.05) is 30.3 Å². The van der Waals surface area contributed by atoms with E-state index in [2.05, 4.69) is 10.1 Å². The van der Waals surface area contributed by atoms with Gasteiger partial charge in [-0.25, -0.2) is 0 Å². The van der Waals surface area contributed by atoms with Crippen LogP contribution in [0.3, 0.4) is 0 Å². The van der Waals surface area contributed by atoms with Crippen LogP contribution in [-0.2, 0) is 14.3 Å². The molecule has 0 aromatic heterocycles. The molecule has 0 saturated carbocycles. The van der Waals surface area contributed by atoms with Gasteiger partial charge < -0.3 is 20.9 Å². The molecular weight excluding hydrogens is 308 g/mol. The van der Waals surface area contributed by atoms with Gasteiger partial charge in [0.15, 0.2) is 0 Å². The summed E-state index contributed by atoms with van der Waals surface area (Å²) in [6.45, 7) is -0.189. The summed E-state index contributed by atoms with van der Waals surface area (Å²) in [4.78, 5) is 23.2. The van der Waals surface area contributed by atoms with Crippen molar-refractivity contribution >= 4 is 11.9 Å². The predicted octanol–water partition coefficient (Wildman–Crippen LogP) is 1.74. The molecule has 0 aliphatic rings. The standard InChI is InChI=1S/C18H20N2O4/c1-24-18(23)10-15(20-17(22)11-19)13-7-8-14(16(21)9-13)12-5-3-2-4-6-12/h2-9,15,21H,10-11,19H2,1H3,(H,20,22). The third-order valence-corrected chi connectivity index (χ3v) is 3.63. The molecule has 2 aromatic carbocycles. The largest absolute Gasteiger partial charge is 0.507 e. The number of hydrogen-bond acceptors (Lipinski definition) is 5. The minimum absolute atomic E-state index is 0.0492. The van der Waals surface area contributed by atoms with E-state index in [0.29, 0.717) is 11.1 Å². The van der Waals surface area contributed by atoms with Gasteiger partial charge in [-0.05, 0) is 17.2 Å².